The SMILES string of the molecule is CN(CCC(N)=S)Cc1ccc(F)cc1Cl. The molecule has 0 saturated heterocycles. The van der Waals surface area contributed by atoms with Crippen LogP contribution < -0.4 is 5.73 Å². The highest BCUT2D eigenvalue weighted by atomic mass is 35.5. The van der Waals surface area contributed by atoms with Gasteiger partial charge in [0, 0.05) is 24.5 Å². The van der Waals surface area contributed by atoms with Crippen molar-refractivity contribution >= 4 is 28.8 Å². The first kappa shape index (κ1) is 13.4. The van der Waals surface area contributed by atoms with E-state index in [-0.39, 0.29) is 5.82 Å². The summed E-state index contributed by atoms with van der Waals surface area (Å²) in [5.74, 6) is -0.320. The molecule has 0 fully saturated rings. The van der Waals surface area contributed by atoms with Gasteiger partial charge in [-0.2, -0.15) is 0 Å². The van der Waals surface area contributed by atoms with Crippen molar-refractivity contribution in [3.8, 4) is 0 Å². The molecule has 0 heterocycles. The first-order valence-electron chi connectivity index (χ1n) is 4.90. The summed E-state index contributed by atoms with van der Waals surface area (Å²) in [5.41, 5.74) is 6.31. The van der Waals surface area contributed by atoms with Crippen LogP contribution in [0.5, 0.6) is 0 Å². The molecule has 1 rings (SSSR count). The Morgan fingerprint density at radius 3 is 2.81 bits per heavy atom. The molecule has 0 atom stereocenters. The molecule has 0 radical (unpaired) electrons. The number of nitrogens with two attached hydrogens (primary N) is 1. The number of nitrogens with zero attached hydrogens (tertiary/aromatic N) is 1. The average Bonchev–Trinajstić information content (AvgIpc) is 2.19. The Kier molecular flexibility index (Phi) is 5.12. The molecule has 0 amide bonds. The summed E-state index contributed by atoms with van der Waals surface area (Å²) < 4.78 is 12.8. The summed E-state index contributed by atoms with van der Waals surface area (Å²) in [6.45, 7) is 1.42. The molecule has 0 aromatic heterocycles. The zero-order chi connectivity index (χ0) is 12.1. The van der Waals surface area contributed by atoms with Crippen molar-refractivity contribution in [3.05, 3.63) is 34.6 Å². The lowest BCUT2D eigenvalue weighted by Crippen LogP contribution is -2.23. The molecule has 0 aliphatic carbocycles. The summed E-state index contributed by atoms with van der Waals surface area (Å²) in [6.07, 6.45) is 0.671. The van der Waals surface area contributed by atoms with Crippen LogP contribution in [0.1, 0.15) is 12.0 Å². The maximum Gasteiger partial charge on any atom is 0.124 e. The third kappa shape index (κ3) is 4.43. The third-order valence-corrected chi connectivity index (χ3v) is 2.75. The van der Waals surface area contributed by atoms with E-state index in [0.29, 0.717) is 23.0 Å². The molecule has 0 aliphatic rings. The standard InChI is InChI=1S/C11H14ClFN2S/c1-15(5-4-11(14)16)7-8-2-3-9(13)6-10(8)12/h2-3,6H,4-5,7H2,1H3,(H2,14,16). The molecule has 0 saturated carbocycles. The normalized spacial score (nSPS) is 10.8. The highest BCUT2D eigenvalue weighted by Crippen LogP contribution is 2.18. The maximum atomic E-state index is 12.8. The Labute approximate surface area is 105 Å². The number of halogens is 2. The van der Waals surface area contributed by atoms with Crippen LogP contribution >= 0.6 is 23.8 Å². The second-order valence-electron chi connectivity index (χ2n) is 3.69. The van der Waals surface area contributed by atoms with Gasteiger partial charge in [-0.1, -0.05) is 29.9 Å². The van der Waals surface area contributed by atoms with Gasteiger partial charge in [0.25, 0.3) is 0 Å². The van der Waals surface area contributed by atoms with Gasteiger partial charge in [-0.3, -0.25) is 0 Å². The van der Waals surface area contributed by atoms with E-state index in [2.05, 4.69) is 0 Å². The van der Waals surface area contributed by atoms with Gasteiger partial charge < -0.3 is 10.6 Å². The molecule has 88 valence electrons. The van der Waals surface area contributed by atoms with Gasteiger partial charge in [-0.05, 0) is 24.7 Å². The van der Waals surface area contributed by atoms with Crippen LogP contribution in [-0.4, -0.2) is 23.5 Å². The minimum Gasteiger partial charge on any atom is -0.393 e. The number of rotatable bonds is 5. The van der Waals surface area contributed by atoms with Crippen LogP contribution in [0.4, 0.5) is 4.39 Å². The van der Waals surface area contributed by atoms with Crippen molar-refractivity contribution in [2.24, 2.45) is 5.73 Å². The molecule has 0 spiro atoms. The predicted octanol–water partition coefficient (Wildman–Crippen LogP) is 2.59. The summed E-state index contributed by atoms with van der Waals surface area (Å²) in [6, 6.07) is 4.41. The summed E-state index contributed by atoms with van der Waals surface area (Å²) in [5, 5.41) is 0.446. The van der Waals surface area contributed by atoms with Crippen LogP contribution in [-0.2, 0) is 6.54 Å². The average molecular weight is 261 g/mol. The van der Waals surface area contributed by atoms with Crippen LogP contribution in [0.2, 0.25) is 5.02 Å². The minimum atomic E-state index is -0.320. The fourth-order valence-corrected chi connectivity index (χ4v) is 1.64. The van der Waals surface area contributed by atoms with E-state index in [9.17, 15) is 4.39 Å². The number of thiocarbonyl (C=S) groups is 1. The monoisotopic (exact) mass is 260 g/mol. The summed E-state index contributed by atoms with van der Waals surface area (Å²) >= 11 is 10.7. The Morgan fingerprint density at radius 1 is 1.56 bits per heavy atom. The topological polar surface area (TPSA) is 29.3 Å². The third-order valence-electron chi connectivity index (χ3n) is 2.20. The Balaban J connectivity index is 2.55. The molecule has 0 aliphatic heterocycles. The van der Waals surface area contributed by atoms with E-state index >= 15 is 0 Å². The molecule has 1 aromatic carbocycles. The molecule has 16 heavy (non-hydrogen) atoms. The lowest BCUT2D eigenvalue weighted by atomic mass is 10.2. The summed E-state index contributed by atoms with van der Waals surface area (Å²) in [7, 11) is 1.94. The fourth-order valence-electron chi connectivity index (χ4n) is 1.32. The van der Waals surface area contributed by atoms with Crippen LogP contribution in [0.15, 0.2) is 18.2 Å². The second-order valence-corrected chi connectivity index (χ2v) is 4.62. The van der Waals surface area contributed by atoms with Gasteiger partial charge in [0.15, 0.2) is 0 Å². The van der Waals surface area contributed by atoms with Crippen molar-refractivity contribution < 1.29 is 4.39 Å². The lowest BCUT2D eigenvalue weighted by Gasteiger charge is -2.16. The number of benzene rings is 1. The minimum absolute atomic E-state index is 0.320. The van der Waals surface area contributed by atoms with Crippen molar-refractivity contribution in [2.45, 2.75) is 13.0 Å². The maximum absolute atomic E-state index is 12.8. The Hall–Kier alpha value is -0.710. The largest absolute Gasteiger partial charge is 0.393 e. The van der Waals surface area contributed by atoms with Crippen LogP contribution in [0.25, 0.3) is 0 Å². The van der Waals surface area contributed by atoms with E-state index in [1.807, 2.05) is 11.9 Å². The van der Waals surface area contributed by atoms with Gasteiger partial charge in [0.1, 0.15) is 5.82 Å². The Bertz CT molecular complexity index is 384. The smallest absolute Gasteiger partial charge is 0.124 e. The molecule has 0 unspecified atom stereocenters. The van der Waals surface area contributed by atoms with E-state index in [0.717, 1.165) is 12.1 Å². The Morgan fingerprint density at radius 2 is 2.25 bits per heavy atom. The van der Waals surface area contributed by atoms with E-state index in [1.54, 1.807) is 6.07 Å². The zero-order valence-corrected chi connectivity index (χ0v) is 10.6. The molecule has 2 N–H and O–H groups in total. The highest BCUT2D eigenvalue weighted by Gasteiger charge is 2.05. The van der Waals surface area contributed by atoms with Crippen molar-refractivity contribution in [3.63, 3.8) is 0 Å². The molecule has 2 nitrogen and oxygen atoms in total. The second kappa shape index (κ2) is 6.13. The molecule has 5 heteroatoms. The van der Waals surface area contributed by atoms with E-state index in [1.165, 1.54) is 12.1 Å². The van der Waals surface area contributed by atoms with Gasteiger partial charge in [0.05, 0.1) is 4.99 Å². The molecule has 0 bridgehead atoms. The van der Waals surface area contributed by atoms with Crippen molar-refractivity contribution in [1.82, 2.24) is 4.90 Å². The lowest BCUT2D eigenvalue weighted by molar-refractivity contribution is 0.337. The molecular weight excluding hydrogens is 247 g/mol. The molecular formula is C11H14ClFN2S. The molecule has 1 aromatic rings. The van der Waals surface area contributed by atoms with Gasteiger partial charge >= 0.3 is 0 Å². The first-order chi connectivity index (χ1) is 7.49. The first-order valence-corrected chi connectivity index (χ1v) is 5.68. The van der Waals surface area contributed by atoms with Gasteiger partial charge in [-0.25, -0.2) is 4.39 Å². The summed E-state index contributed by atoms with van der Waals surface area (Å²) in [4.78, 5) is 2.54. The quantitative estimate of drug-likeness (QED) is 0.826. The van der Waals surface area contributed by atoms with Gasteiger partial charge in [0.2, 0.25) is 0 Å². The number of hydrogen-bond donors (Lipinski definition) is 1. The van der Waals surface area contributed by atoms with Gasteiger partial charge in [-0.15, -0.1) is 0 Å². The van der Waals surface area contributed by atoms with Crippen LogP contribution in [0.3, 0.4) is 0 Å². The fraction of sp³-hybridized carbons (Fsp3) is 0.364. The van der Waals surface area contributed by atoms with Crippen LogP contribution in [0, 0.1) is 5.82 Å². The highest BCUT2D eigenvalue weighted by molar-refractivity contribution is 7.80. The van der Waals surface area contributed by atoms with E-state index in [4.69, 9.17) is 29.6 Å². The zero-order valence-electron chi connectivity index (χ0n) is 9.04. The van der Waals surface area contributed by atoms with Crippen molar-refractivity contribution in [1.29, 1.82) is 0 Å². The number of hydrogen-bond acceptors (Lipinski definition) is 2. The van der Waals surface area contributed by atoms with Crippen molar-refractivity contribution in [2.75, 3.05) is 13.6 Å². The predicted molar refractivity (Wildman–Crippen MR) is 69.1 cm³/mol. The van der Waals surface area contributed by atoms with E-state index < -0.39 is 0 Å².